The predicted molar refractivity (Wildman–Crippen MR) is 69.6 cm³/mol. The van der Waals surface area contributed by atoms with Crippen LogP contribution in [0.15, 0.2) is 10.1 Å². The minimum Gasteiger partial charge on any atom is -0.697 e. The van der Waals surface area contributed by atoms with Gasteiger partial charge >= 0.3 is 0 Å². The zero-order valence-electron chi connectivity index (χ0n) is 10.1. The summed E-state index contributed by atoms with van der Waals surface area (Å²) in [6, 6.07) is 0. The number of ether oxygens (including phenoxy) is 1. The Morgan fingerprint density at radius 3 is 2.53 bits per heavy atom. The van der Waals surface area contributed by atoms with Gasteiger partial charge in [-0.05, 0) is 12.8 Å². The second kappa shape index (κ2) is 4.63. The van der Waals surface area contributed by atoms with E-state index >= 15 is 0 Å². The van der Waals surface area contributed by atoms with Gasteiger partial charge in [-0.1, -0.05) is 24.4 Å². The van der Waals surface area contributed by atoms with Crippen molar-refractivity contribution in [2.24, 2.45) is 16.0 Å². The standard InChI is InChI=1S/C12H19N3OS/c17-12-13-11(10-4-2-1-3-5-10)14-15(12)6-8-16-9-7-15/h10H,1-9H2. The van der Waals surface area contributed by atoms with Crippen LogP contribution in [0.5, 0.6) is 0 Å². The molecule has 0 aromatic heterocycles. The lowest BCUT2D eigenvalue weighted by molar-refractivity contribution is -0.851. The molecule has 1 spiro atoms. The zero-order chi connectivity index (χ0) is 11.7. The maximum atomic E-state index is 5.43. The van der Waals surface area contributed by atoms with Gasteiger partial charge in [0.15, 0.2) is 5.84 Å². The molecule has 0 amide bonds. The number of rotatable bonds is 1. The Morgan fingerprint density at radius 1 is 1.12 bits per heavy atom. The molecule has 0 unspecified atom stereocenters. The van der Waals surface area contributed by atoms with E-state index in [1.54, 1.807) is 0 Å². The Kier molecular flexibility index (Phi) is 3.15. The molecule has 0 bridgehead atoms. The topological polar surface area (TPSA) is 34.0 Å². The summed E-state index contributed by atoms with van der Waals surface area (Å²) >= 11 is 5.43. The van der Waals surface area contributed by atoms with Crippen LogP contribution in [0.3, 0.4) is 0 Å². The Morgan fingerprint density at radius 2 is 1.82 bits per heavy atom. The van der Waals surface area contributed by atoms with Crippen LogP contribution in [0.4, 0.5) is 0 Å². The first-order valence-corrected chi connectivity index (χ1v) is 7.02. The van der Waals surface area contributed by atoms with Crippen LogP contribution in [0.2, 0.25) is 0 Å². The first kappa shape index (κ1) is 11.6. The SMILES string of the molecule is [S-]C1=NC(C2CCCCC2)=N[N+]12CCOCC2. The molecule has 2 heterocycles. The van der Waals surface area contributed by atoms with Gasteiger partial charge in [0.1, 0.15) is 18.3 Å². The Balaban J connectivity index is 1.80. The van der Waals surface area contributed by atoms with Crippen LogP contribution in [-0.4, -0.2) is 41.9 Å². The molecule has 2 aliphatic heterocycles. The summed E-state index contributed by atoms with van der Waals surface area (Å²) < 4.78 is 5.94. The summed E-state index contributed by atoms with van der Waals surface area (Å²) in [5.74, 6) is 1.58. The fourth-order valence-electron chi connectivity index (χ4n) is 2.92. The van der Waals surface area contributed by atoms with E-state index in [0.29, 0.717) is 10.5 Å². The van der Waals surface area contributed by atoms with Crippen LogP contribution in [0, 0.1) is 5.92 Å². The lowest BCUT2D eigenvalue weighted by Gasteiger charge is -2.35. The molecule has 3 rings (SSSR count). The molecule has 1 saturated carbocycles. The largest absolute Gasteiger partial charge is 0.697 e. The maximum absolute atomic E-state index is 5.43. The van der Waals surface area contributed by atoms with E-state index in [9.17, 15) is 0 Å². The van der Waals surface area contributed by atoms with Crippen molar-refractivity contribution < 1.29 is 9.33 Å². The van der Waals surface area contributed by atoms with Crippen molar-refractivity contribution in [2.75, 3.05) is 26.3 Å². The van der Waals surface area contributed by atoms with Crippen molar-refractivity contribution in [3.63, 3.8) is 0 Å². The molecule has 17 heavy (non-hydrogen) atoms. The smallest absolute Gasteiger partial charge is 0.190 e. The summed E-state index contributed by atoms with van der Waals surface area (Å²) in [6.07, 6.45) is 6.47. The van der Waals surface area contributed by atoms with Crippen molar-refractivity contribution >= 4 is 23.6 Å². The molecular weight excluding hydrogens is 234 g/mol. The second-order valence-corrected chi connectivity index (χ2v) is 5.53. The summed E-state index contributed by atoms with van der Waals surface area (Å²) in [4.78, 5) is 4.59. The molecule has 1 saturated heterocycles. The van der Waals surface area contributed by atoms with E-state index in [2.05, 4.69) is 4.99 Å². The highest BCUT2D eigenvalue weighted by molar-refractivity contribution is 7.76. The highest BCUT2D eigenvalue weighted by atomic mass is 32.1. The van der Waals surface area contributed by atoms with Gasteiger partial charge in [0, 0.05) is 5.92 Å². The summed E-state index contributed by atoms with van der Waals surface area (Å²) in [5.41, 5.74) is 0. The van der Waals surface area contributed by atoms with Gasteiger partial charge in [-0.25, -0.2) is 0 Å². The Hall–Kier alpha value is -0.520. The zero-order valence-corrected chi connectivity index (χ0v) is 10.9. The van der Waals surface area contributed by atoms with Gasteiger partial charge in [0.05, 0.1) is 13.2 Å². The molecule has 5 heteroatoms. The summed E-state index contributed by atoms with van der Waals surface area (Å²) in [7, 11) is 0. The van der Waals surface area contributed by atoms with E-state index in [1.165, 1.54) is 32.1 Å². The number of nitrogens with zero attached hydrogens (tertiary/aromatic N) is 3. The third kappa shape index (κ3) is 2.11. The molecule has 0 aromatic rings. The molecule has 3 aliphatic rings. The Labute approximate surface area is 108 Å². The quantitative estimate of drug-likeness (QED) is 0.526. The minimum atomic E-state index is 0.543. The van der Waals surface area contributed by atoms with Crippen LogP contribution < -0.4 is 0 Å². The second-order valence-electron chi connectivity index (χ2n) is 5.17. The monoisotopic (exact) mass is 253 g/mol. The number of aliphatic imine (C=N–C) groups is 1. The lowest BCUT2D eigenvalue weighted by atomic mass is 9.88. The first-order chi connectivity index (χ1) is 8.30. The number of hydrogen-bond donors (Lipinski definition) is 0. The molecule has 0 aromatic carbocycles. The minimum absolute atomic E-state index is 0.543. The van der Waals surface area contributed by atoms with Gasteiger partial charge in [0.25, 0.3) is 0 Å². The third-order valence-electron chi connectivity index (χ3n) is 4.04. The van der Waals surface area contributed by atoms with Crippen molar-refractivity contribution in [2.45, 2.75) is 32.1 Å². The van der Waals surface area contributed by atoms with E-state index in [4.69, 9.17) is 22.5 Å². The number of amidine groups is 2. The van der Waals surface area contributed by atoms with Gasteiger partial charge in [-0.3, -0.25) is 0 Å². The van der Waals surface area contributed by atoms with Crippen molar-refractivity contribution in [3.8, 4) is 0 Å². The maximum Gasteiger partial charge on any atom is 0.190 e. The molecule has 94 valence electrons. The van der Waals surface area contributed by atoms with E-state index in [0.717, 1.165) is 37.3 Å². The molecule has 0 atom stereocenters. The lowest BCUT2D eigenvalue weighted by Crippen LogP contribution is -2.52. The Bertz CT molecular complexity index is 355. The normalized spacial score (nSPS) is 29.2. The fraction of sp³-hybridized carbons (Fsp3) is 0.833. The summed E-state index contributed by atoms with van der Waals surface area (Å²) in [6.45, 7) is 3.21. The van der Waals surface area contributed by atoms with Crippen molar-refractivity contribution in [1.82, 2.24) is 0 Å². The van der Waals surface area contributed by atoms with Crippen LogP contribution in [0.1, 0.15) is 32.1 Å². The van der Waals surface area contributed by atoms with Gasteiger partial charge < -0.3 is 17.4 Å². The van der Waals surface area contributed by atoms with Crippen LogP contribution in [0.25, 0.3) is 0 Å². The first-order valence-electron chi connectivity index (χ1n) is 6.61. The van der Waals surface area contributed by atoms with E-state index < -0.39 is 0 Å². The van der Waals surface area contributed by atoms with Crippen LogP contribution >= 0.6 is 0 Å². The van der Waals surface area contributed by atoms with Crippen LogP contribution in [-0.2, 0) is 17.4 Å². The number of quaternary nitrogens is 1. The van der Waals surface area contributed by atoms with E-state index in [-0.39, 0.29) is 0 Å². The molecule has 0 N–H and O–H groups in total. The third-order valence-corrected chi connectivity index (χ3v) is 4.47. The van der Waals surface area contributed by atoms with Crippen molar-refractivity contribution in [3.05, 3.63) is 0 Å². The number of hydrogen-bond acceptors (Lipinski definition) is 4. The van der Waals surface area contributed by atoms with Gasteiger partial charge in [0.2, 0.25) is 0 Å². The van der Waals surface area contributed by atoms with E-state index in [1.807, 2.05) is 0 Å². The average Bonchev–Trinajstić information content (AvgIpc) is 2.69. The number of morpholine rings is 1. The average molecular weight is 253 g/mol. The molecule has 4 nitrogen and oxygen atoms in total. The molecular formula is C12H19N3OS. The summed E-state index contributed by atoms with van der Waals surface area (Å²) in [5, 5.41) is 5.61. The highest BCUT2D eigenvalue weighted by Gasteiger charge is 2.38. The van der Waals surface area contributed by atoms with Gasteiger partial charge in [-0.2, -0.15) is 9.58 Å². The molecule has 0 radical (unpaired) electrons. The predicted octanol–water partition coefficient (Wildman–Crippen LogP) is 1.64. The van der Waals surface area contributed by atoms with Gasteiger partial charge in [-0.15, -0.1) is 0 Å². The fourth-order valence-corrected chi connectivity index (χ4v) is 3.24. The van der Waals surface area contributed by atoms with Crippen molar-refractivity contribution in [1.29, 1.82) is 0 Å². The molecule has 2 fully saturated rings. The highest BCUT2D eigenvalue weighted by Crippen LogP contribution is 2.30. The molecule has 1 aliphatic carbocycles.